The summed E-state index contributed by atoms with van der Waals surface area (Å²) in [5.41, 5.74) is 4.07. The first-order valence-corrected chi connectivity index (χ1v) is 7.54. The molecule has 1 aromatic heterocycles. The Kier molecular flexibility index (Phi) is 4.30. The molecule has 0 aliphatic heterocycles. The number of benzene rings is 2. The van der Waals surface area contributed by atoms with Crippen molar-refractivity contribution < 1.29 is 9.13 Å². The molecular formula is C18H20FN3O. The van der Waals surface area contributed by atoms with Gasteiger partial charge in [-0.05, 0) is 30.7 Å². The molecule has 0 aliphatic carbocycles. The van der Waals surface area contributed by atoms with Gasteiger partial charge in [0.25, 0.3) is 0 Å². The van der Waals surface area contributed by atoms with Crippen molar-refractivity contribution in [2.45, 2.75) is 20.0 Å². The van der Waals surface area contributed by atoms with E-state index in [1.165, 1.54) is 13.2 Å². The minimum absolute atomic E-state index is 0.302. The third-order valence-electron chi connectivity index (χ3n) is 4.07. The predicted octanol–water partition coefficient (Wildman–Crippen LogP) is 3.32. The van der Waals surface area contributed by atoms with Gasteiger partial charge in [-0.3, -0.25) is 0 Å². The number of rotatable bonds is 5. The summed E-state index contributed by atoms with van der Waals surface area (Å²) in [6.07, 6.45) is 0. The standard InChI is InChI=1S/C18H20FN3O/c1-12-21-16-9-13(7-8-17(16)22(12)2)10-20-11-14-5-4-6-15(19)18(14)23-3/h4-9,20H,10-11H2,1-3H3. The van der Waals surface area contributed by atoms with E-state index < -0.39 is 0 Å². The van der Waals surface area contributed by atoms with Gasteiger partial charge in [-0.15, -0.1) is 0 Å². The number of hydrogen-bond donors (Lipinski definition) is 1. The van der Waals surface area contributed by atoms with Crippen LogP contribution >= 0.6 is 0 Å². The predicted molar refractivity (Wildman–Crippen MR) is 88.9 cm³/mol. The van der Waals surface area contributed by atoms with Crippen LogP contribution < -0.4 is 10.1 Å². The monoisotopic (exact) mass is 313 g/mol. The zero-order valence-electron chi connectivity index (χ0n) is 13.6. The number of aryl methyl sites for hydroxylation is 2. The third kappa shape index (κ3) is 3.05. The number of methoxy groups -OCH3 is 1. The molecule has 0 unspecified atom stereocenters. The van der Waals surface area contributed by atoms with Gasteiger partial charge in [0.05, 0.1) is 18.1 Å². The molecule has 23 heavy (non-hydrogen) atoms. The van der Waals surface area contributed by atoms with Crippen LogP contribution in [0.3, 0.4) is 0 Å². The Morgan fingerprint density at radius 2 is 2.04 bits per heavy atom. The second-order valence-corrected chi connectivity index (χ2v) is 5.58. The molecule has 0 spiro atoms. The number of nitrogens with one attached hydrogen (secondary N) is 1. The number of imidazole rings is 1. The summed E-state index contributed by atoms with van der Waals surface area (Å²) in [6, 6.07) is 11.2. The lowest BCUT2D eigenvalue weighted by Crippen LogP contribution is -2.13. The fraction of sp³-hybridized carbons (Fsp3) is 0.278. The molecule has 0 saturated carbocycles. The highest BCUT2D eigenvalue weighted by atomic mass is 19.1. The van der Waals surface area contributed by atoms with Crippen LogP contribution in [0, 0.1) is 12.7 Å². The Morgan fingerprint density at radius 1 is 1.22 bits per heavy atom. The maximum absolute atomic E-state index is 13.7. The van der Waals surface area contributed by atoms with Crippen molar-refractivity contribution in [1.82, 2.24) is 14.9 Å². The summed E-state index contributed by atoms with van der Waals surface area (Å²) >= 11 is 0. The molecule has 4 nitrogen and oxygen atoms in total. The third-order valence-corrected chi connectivity index (χ3v) is 4.07. The summed E-state index contributed by atoms with van der Waals surface area (Å²) in [4.78, 5) is 4.54. The smallest absolute Gasteiger partial charge is 0.165 e. The minimum Gasteiger partial charge on any atom is -0.493 e. The number of aromatic nitrogens is 2. The first-order valence-electron chi connectivity index (χ1n) is 7.54. The van der Waals surface area contributed by atoms with Gasteiger partial charge in [-0.1, -0.05) is 18.2 Å². The second kappa shape index (κ2) is 6.38. The quantitative estimate of drug-likeness (QED) is 0.785. The molecule has 1 heterocycles. The second-order valence-electron chi connectivity index (χ2n) is 5.58. The minimum atomic E-state index is -0.336. The van der Waals surface area contributed by atoms with E-state index in [2.05, 4.69) is 33.1 Å². The Balaban J connectivity index is 1.70. The van der Waals surface area contributed by atoms with E-state index in [1.807, 2.05) is 20.0 Å². The number of para-hydroxylation sites is 1. The molecule has 2 aromatic carbocycles. The Labute approximate surface area is 134 Å². The van der Waals surface area contributed by atoms with Gasteiger partial charge in [0.15, 0.2) is 11.6 Å². The van der Waals surface area contributed by atoms with E-state index in [-0.39, 0.29) is 5.82 Å². The molecule has 120 valence electrons. The van der Waals surface area contributed by atoms with Crippen molar-refractivity contribution in [2.75, 3.05) is 7.11 Å². The molecule has 5 heteroatoms. The van der Waals surface area contributed by atoms with Crippen LogP contribution in [-0.2, 0) is 20.1 Å². The largest absolute Gasteiger partial charge is 0.493 e. The lowest BCUT2D eigenvalue weighted by molar-refractivity contribution is 0.379. The fourth-order valence-electron chi connectivity index (χ4n) is 2.74. The molecule has 3 aromatic rings. The molecule has 0 atom stereocenters. The van der Waals surface area contributed by atoms with Crippen molar-refractivity contribution in [3.8, 4) is 5.75 Å². The van der Waals surface area contributed by atoms with Gasteiger partial charge in [0.2, 0.25) is 0 Å². The molecule has 0 fully saturated rings. The van der Waals surface area contributed by atoms with Gasteiger partial charge >= 0.3 is 0 Å². The summed E-state index contributed by atoms with van der Waals surface area (Å²) < 4.78 is 20.9. The molecule has 0 bridgehead atoms. The Hall–Kier alpha value is -2.40. The number of hydrogen-bond acceptors (Lipinski definition) is 3. The van der Waals surface area contributed by atoms with Gasteiger partial charge in [0, 0.05) is 25.7 Å². The first kappa shape index (κ1) is 15.5. The maximum atomic E-state index is 13.7. The summed E-state index contributed by atoms with van der Waals surface area (Å²) in [7, 11) is 3.50. The fourth-order valence-corrected chi connectivity index (χ4v) is 2.74. The number of fused-ring (bicyclic) bond motifs is 1. The van der Waals surface area contributed by atoms with Crippen molar-refractivity contribution >= 4 is 11.0 Å². The van der Waals surface area contributed by atoms with Crippen LogP contribution in [0.15, 0.2) is 36.4 Å². The molecule has 0 aliphatic rings. The number of ether oxygens (including phenoxy) is 1. The van der Waals surface area contributed by atoms with Crippen molar-refractivity contribution in [3.05, 3.63) is 59.2 Å². The van der Waals surface area contributed by atoms with E-state index in [9.17, 15) is 4.39 Å². The average molecular weight is 313 g/mol. The van der Waals surface area contributed by atoms with E-state index in [0.717, 1.165) is 28.0 Å². The topological polar surface area (TPSA) is 39.1 Å². The molecule has 3 rings (SSSR count). The zero-order valence-corrected chi connectivity index (χ0v) is 13.6. The van der Waals surface area contributed by atoms with Crippen LogP contribution in [0.25, 0.3) is 11.0 Å². The zero-order chi connectivity index (χ0) is 16.4. The van der Waals surface area contributed by atoms with Crippen LogP contribution in [0.2, 0.25) is 0 Å². The average Bonchev–Trinajstić information content (AvgIpc) is 2.82. The van der Waals surface area contributed by atoms with Gasteiger partial charge in [-0.2, -0.15) is 0 Å². The lowest BCUT2D eigenvalue weighted by atomic mass is 10.1. The number of halogens is 1. The molecule has 1 N–H and O–H groups in total. The summed E-state index contributed by atoms with van der Waals surface area (Å²) in [6.45, 7) is 3.22. The summed E-state index contributed by atoms with van der Waals surface area (Å²) in [5, 5.41) is 3.32. The van der Waals surface area contributed by atoms with Crippen molar-refractivity contribution in [2.24, 2.45) is 7.05 Å². The van der Waals surface area contributed by atoms with E-state index >= 15 is 0 Å². The molecular weight excluding hydrogens is 293 g/mol. The van der Waals surface area contributed by atoms with Crippen LogP contribution in [0.1, 0.15) is 17.0 Å². The molecule has 0 saturated heterocycles. The van der Waals surface area contributed by atoms with Gasteiger partial charge < -0.3 is 14.6 Å². The maximum Gasteiger partial charge on any atom is 0.165 e. The summed E-state index contributed by atoms with van der Waals surface area (Å²) in [5.74, 6) is 0.961. The SMILES string of the molecule is COc1c(F)cccc1CNCc1ccc2c(c1)nc(C)n2C. The van der Waals surface area contributed by atoms with E-state index in [1.54, 1.807) is 6.07 Å². The lowest BCUT2D eigenvalue weighted by Gasteiger charge is -2.10. The number of nitrogens with zero attached hydrogens (tertiary/aromatic N) is 2. The molecule has 0 radical (unpaired) electrons. The van der Waals surface area contributed by atoms with E-state index in [4.69, 9.17) is 4.74 Å². The van der Waals surface area contributed by atoms with E-state index in [0.29, 0.717) is 18.8 Å². The van der Waals surface area contributed by atoms with Crippen LogP contribution in [0.4, 0.5) is 4.39 Å². The van der Waals surface area contributed by atoms with Gasteiger partial charge in [-0.25, -0.2) is 9.37 Å². The first-order chi connectivity index (χ1) is 11.1. The highest BCUT2D eigenvalue weighted by Gasteiger charge is 2.08. The van der Waals surface area contributed by atoms with Crippen LogP contribution in [0.5, 0.6) is 5.75 Å². The Bertz CT molecular complexity index is 842. The highest BCUT2D eigenvalue weighted by molar-refractivity contribution is 5.76. The van der Waals surface area contributed by atoms with Crippen LogP contribution in [-0.4, -0.2) is 16.7 Å². The molecule has 0 amide bonds. The normalized spacial score (nSPS) is 11.1. The van der Waals surface area contributed by atoms with Gasteiger partial charge in [0.1, 0.15) is 5.82 Å². The van der Waals surface area contributed by atoms with Crippen molar-refractivity contribution in [1.29, 1.82) is 0 Å². The Morgan fingerprint density at radius 3 is 2.83 bits per heavy atom. The highest BCUT2D eigenvalue weighted by Crippen LogP contribution is 2.22. The van der Waals surface area contributed by atoms with Crippen molar-refractivity contribution in [3.63, 3.8) is 0 Å².